The van der Waals surface area contributed by atoms with E-state index < -0.39 is 48.8 Å². The fourth-order valence-corrected chi connectivity index (χ4v) is 6.73. The molecule has 12 heteroatoms. The van der Waals surface area contributed by atoms with E-state index in [1.807, 2.05) is 69.9 Å². The molecule has 1 fully saturated rings. The van der Waals surface area contributed by atoms with Crippen molar-refractivity contribution in [2.75, 3.05) is 48.0 Å². The van der Waals surface area contributed by atoms with E-state index in [-0.39, 0.29) is 42.0 Å². The molecule has 1 heterocycles. The molecule has 0 spiro atoms. The molecule has 1 saturated heterocycles. The third kappa shape index (κ3) is 11.0. The molecule has 272 valence electrons. The van der Waals surface area contributed by atoms with Crippen LogP contribution in [0.2, 0.25) is 0 Å². The quantitative estimate of drug-likeness (QED) is 0.164. The zero-order chi connectivity index (χ0) is 36.0. The van der Waals surface area contributed by atoms with Gasteiger partial charge in [-0.15, -0.1) is 0 Å². The molecular weight excluding hydrogens is 614 g/mol. The van der Waals surface area contributed by atoms with Crippen LogP contribution < -0.4 is 16.0 Å². The van der Waals surface area contributed by atoms with Crippen molar-refractivity contribution in [1.29, 1.82) is 0 Å². The summed E-state index contributed by atoms with van der Waals surface area (Å²) in [5.41, 5.74) is 1.14. The van der Waals surface area contributed by atoms with Gasteiger partial charge in [-0.3, -0.25) is 19.2 Å². The van der Waals surface area contributed by atoms with Crippen molar-refractivity contribution < 1.29 is 33.8 Å². The predicted octanol–water partition coefficient (Wildman–Crippen LogP) is 1.99. The van der Waals surface area contributed by atoms with Crippen LogP contribution >= 0.6 is 0 Å². The number of ether oxygens (including phenoxy) is 2. The van der Waals surface area contributed by atoms with Crippen LogP contribution in [0.5, 0.6) is 0 Å². The molecular formula is C36H61N5O7. The SMILES string of the molecule is CC[C@H](C)[C@@H]([C@@H](CC(=O)N1CCC[C@H]1[C@H](OC)[C@@H](C)C(=O)NCCc1ccccc1)OC)N(C)C(=O)[C@@H](NC(=O)[C@H](CO)NC)C(C)C. The number of likely N-dealkylation sites (N-methyl/N-ethyl adjacent to an activating group) is 2. The van der Waals surface area contributed by atoms with Gasteiger partial charge in [-0.2, -0.15) is 0 Å². The number of hydrogen-bond donors (Lipinski definition) is 4. The molecule has 0 aromatic heterocycles. The lowest BCUT2D eigenvalue weighted by molar-refractivity contribution is -0.147. The van der Waals surface area contributed by atoms with Crippen molar-refractivity contribution in [2.45, 2.75) is 103 Å². The van der Waals surface area contributed by atoms with Crippen molar-refractivity contribution >= 4 is 23.6 Å². The van der Waals surface area contributed by atoms with Gasteiger partial charge in [-0.05, 0) is 43.7 Å². The van der Waals surface area contributed by atoms with Crippen LogP contribution in [0.25, 0.3) is 0 Å². The molecule has 48 heavy (non-hydrogen) atoms. The highest BCUT2D eigenvalue weighted by atomic mass is 16.5. The summed E-state index contributed by atoms with van der Waals surface area (Å²) in [4.78, 5) is 57.3. The third-order valence-corrected chi connectivity index (χ3v) is 9.89. The van der Waals surface area contributed by atoms with Gasteiger partial charge in [0.25, 0.3) is 0 Å². The minimum atomic E-state index is -0.841. The minimum absolute atomic E-state index is 0.0246. The standard InChI is InChI=1S/C36H61N5O7/c1-10-24(4)32(40(7)36(46)31(23(2)3)39-35(45)27(22-42)37-6)29(47-8)21-30(43)41-20-14-17-28(41)33(48-9)25(5)34(44)38-19-18-26-15-12-11-13-16-26/h11-13,15-16,23-25,27-29,31-33,37,42H,10,14,17-22H2,1-9H3,(H,38,44)(H,39,45)/t24-,25+,27-,28-,29+,31-,32-,33+/m0/s1. The maximum Gasteiger partial charge on any atom is 0.245 e. The molecule has 0 radical (unpaired) electrons. The van der Waals surface area contributed by atoms with E-state index in [2.05, 4.69) is 16.0 Å². The van der Waals surface area contributed by atoms with Gasteiger partial charge in [0.2, 0.25) is 23.6 Å². The summed E-state index contributed by atoms with van der Waals surface area (Å²) in [6.07, 6.45) is 1.90. The van der Waals surface area contributed by atoms with E-state index >= 15 is 0 Å². The van der Waals surface area contributed by atoms with Gasteiger partial charge < -0.3 is 40.3 Å². The molecule has 1 aromatic carbocycles. The van der Waals surface area contributed by atoms with Gasteiger partial charge in [0.05, 0.1) is 43.2 Å². The van der Waals surface area contributed by atoms with Gasteiger partial charge in [0, 0.05) is 34.4 Å². The Labute approximate surface area is 287 Å². The summed E-state index contributed by atoms with van der Waals surface area (Å²) in [5.74, 6) is -1.73. The van der Waals surface area contributed by atoms with Crippen LogP contribution in [-0.4, -0.2) is 123 Å². The van der Waals surface area contributed by atoms with Crippen molar-refractivity contribution in [3.8, 4) is 0 Å². The van der Waals surface area contributed by atoms with Gasteiger partial charge in [-0.1, -0.05) is 71.4 Å². The predicted molar refractivity (Wildman–Crippen MR) is 186 cm³/mol. The van der Waals surface area contributed by atoms with E-state index in [1.165, 1.54) is 0 Å². The highest BCUT2D eigenvalue weighted by molar-refractivity contribution is 5.90. The average molecular weight is 676 g/mol. The largest absolute Gasteiger partial charge is 0.394 e. The Hall–Kier alpha value is -3.06. The Morgan fingerprint density at radius 1 is 1.04 bits per heavy atom. The first-order chi connectivity index (χ1) is 22.9. The topological polar surface area (TPSA) is 150 Å². The highest BCUT2D eigenvalue weighted by Gasteiger charge is 2.42. The number of likely N-dealkylation sites (tertiary alicyclic amines) is 1. The zero-order valence-electron chi connectivity index (χ0n) is 30.5. The second-order valence-corrected chi connectivity index (χ2v) is 13.4. The number of nitrogens with one attached hydrogen (secondary N) is 3. The van der Waals surface area contributed by atoms with Crippen molar-refractivity contribution in [1.82, 2.24) is 25.8 Å². The molecule has 0 aliphatic carbocycles. The molecule has 1 aliphatic rings. The first-order valence-corrected chi connectivity index (χ1v) is 17.4. The van der Waals surface area contributed by atoms with E-state index in [4.69, 9.17) is 9.47 Å². The molecule has 12 nitrogen and oxygen atoms in total. The fourth-order valence-electron chi connectivity index (χ4n) is 6.73. The van der Waals surface area contributed by atoms with E-state index in [0.29, 0.717) is 19.5 Å². The number of aliphatic hydroxyl groups excluding tert-OH is 1. The van der Waals surface area contributed by atoms with E-state index in [1.54, 1.807) is 33.2 Å². The van der Waals surface area contributed by atoms with Crippen molar-refractivity contribution in [3.05, 3.63) is 35.9 Å². The number of carbonyl (C=O) groups is 4. The maximum absolute atomic E-state index is 14.0. The van der Waals surface area contributed by atoms with Crippen LogP contribution in [0.3, 0.4) is 0 Å². The second kappa shape index (κ2) is 20.5. The lowest BCUT2D eigenvalue weighted by Gasteiger charge is -2.41. The van der Waals surface area contributed by atoms with Crippen LogP contribution in [0.4, 0.5) is 0 Å². The Kier molecular flexibility index (Phi) is 17.5. The monoisotopic (exact) mass is 675 g/mol. The molecule has 0 saturated carbocycles. The number of rotatable bonds is 20. The third-order valence-electron chi connectivity index (χ3n) is 9.89. The smallest absolute Gasteiger partial charge is 0.245 e. The Bertz CT molecular complexity index is 1150. The van der Waals surface area contributed by atoms with Gasteiger partial charge in [0.15, 0.2) is 0 Å². The first-order valence-electron chi connectivity index (χ1n) is 17.4. The maximum atomic E-state index is 14.0. The average Bonchev–Trinajstić information content (AvgIpc) is 3.57. The molecule has 1 aromatic rings. The van der Waals surface area contributed by atoms with E-state index in [0.717, 1.165) is 24.8 Å². The Morgan fingerprint density at radius 2 is 1.71 bits per heavy atom. The summed E-state index contributed by atoms with van der Waals surface area (Å²) in [7, 11) is 6.39. The highest BCUT2D eigenvalue weighted by Crippen LogP contribution is 2.29. The minimum Gasteiger partial charge on any atom is -0.394 e. The number of benzene rings is 1. The number of hydrogen-bond acceptors (Lipinski definition) is 8. The number of carbonyl (C=O) groups excluding carboxylic acids is 4. The number of amides is 4. The lowest BCUT2D eigenvalue weighted by Crippen LogP contribution is -2.59. The summed E-state index contributed by atoms with van der Waals surface area (Å²) >= 11 is 0. The van der Waals surface area contributed by atoms with Crippen LogP contribution in [0.15, 0.2) is 30.3 Å². The van der Waals surface area contributed by atoms with Crippen molar-refractivity contribution in [3.63, 3.8) is 0 Å². The number of aliphatic hydroxyl groups is 1. The Balaban J connectivity index is 2.19. The lowest BCUT2D eigenvalue weighted by atomic mass is 9.89. The second-order valence-electron chi connectivity index (χ2n) is 13.4. The summed E-state index contributed by atoms with van der Waals surface area (Å²) < 4.78 is 11.8. The van der Waals surface area contributed by atoms with Crippen molar-refractivity contribution in [2.24, 2.45) is 17.8 Å². The van der Waals surface area contributed by atoms with Gasteiger partial charge in [-0.25, -0.2) is 0 Å². The van der Waals surface area contributed by atoms with Gasteiger partial charge in [0.1, 0.15) is 12.1 Å². The fraction of sp³-hybridized carbons (Fsp3) is 0.722. The van der Waals surface area contributed by atoms with Crippen LogP contribution in [0.1, 0.15) is 65.9 Å². The van der Waals surface area contributed by atoms with Crippen LogP contribution in [-0.2, 0) is 35.1 Å². The molecule has 4 N–H and O–H groups in total. The normalized spacial score (nSPS) is 19.1. The number of methoxy groups -OCH3 is 2. The summed E-state index contributed by atoms with van der Waals surface area (Å²) in [6.45, 7) is 10.2. The molecule has 8 atom stereocenters. The molecule has 0 bridgehead atoms. The Morgan fingerprint density at radius 3 is 2.25 bits per heavy atom. The summed E-state index contributed by atoms with van der Waals surface area (Å²) in [6, 6.07) is 7.56. The van der Waals surface area contributed by atoms with Crippen LogP contribution in [0, 0.1) is 17.8 Å². The van der Waals surface area contributed by atoms with E-state index in [9.17, 15) is 24.3 Å². The van der Waals surface area contributed by atoms with Gasteiger partial charge >= 0.3 is 0 Å². The zero-order valence-corrected chi connectivity index (χ0v) is 30.5. The molecule has 2 rings (SSSR count). The molecule has 4 amide bonds. The number of nitrogens with zero attached hydrogens (tertiary/aromatic N) is 2. The molecule has 0 unspecified atom stereocenters. The summed E-state index contributed by atoms with van der Waals surface area (Å²) in [5, 5.41) is 18.2. The molecule has 1 aliphatic heterocycles. The first kappa shape index (κ1) is 41.1.